The summed E-state index contributed by atoms with van der Waals surface area (Å²) in [4.78, 5) is 25.0. The molecule has 1 saturated carbocycles. The van der Waals surface area contributed by atoms with Crippen LogP contribution in [-0.2, 0) is 9.53 Å². The second kappa shape index (κ2) is 7.30. The molecule has 2 aromatic heterocycles. The van der Waals surface area contributed by atoms with Crippen molar-refractivity contribution in [1.82, 2.24) is 14.9 Å². The number of hydrogen-bond donors (Lipinski definition) is 1. The third kappa shape index (κ3) is 3.80. The van der Waals surface area contributed by atoms with E-state index in [0.717, 1.165) is 24.2 Å². The van der Waals surface area contributed by atoms with Crippen LogP contribution in [0.25, 0.3) is 5.69 Å². The van der Waals surface area contributed by atoms with Gasteiger partial charge in [0.1, 0.15) is 5.76 Å². The van der Waals surface area contributed by atoms with Gasteiger partial charge in [-0.15, -0.1) is 0 Å². The summed E-state index contributed by atoms with van der Waals surface area (Å²) in [5.74, 6) is 0.125. The van der Waals surface area contributed by atoms with Crippen LogP contribution < -0.4 is 5.32 Å². The first-order chi connectivity index (χ1) is 13.5. The van der Waals surface area contributed by atoms with Gasteiger partial charge in [-0.1, -0.05) is 23.4 Å². The van der Waals surface area contributed by atoms with Gasteiger partial charge in [-0.3, -0.25) is 4.79 Å². The Hall–Kier alpha value is -3.42. The van der Waals surface area contributed by atoms with Crippen molar-refractivity contribution in [2.75, 3.05) is 5.32 Å². The number of benzene rings is 1. The summed E-state index contributed by atoms with van der Waals surface area (Å²) >= 11 is 0. The zero-order valence-electron chi connectivity index (χ0n) is 15.6. The highest BCUT2D eigenvalue weighted by Gasteiger charge is 2.30. The minimum Gasteiger partial charge on any atom is -0.448 e. The Morgan fingerprint density at radius 2 is 2.00 bits per heavy atom. The third-order valence-corrected chi connectivity index (χ3v) is 4.47. The van der Waals surface area contributed by atoms with E-state index in [1.54, 1.807) is 23.7 Å². The number of rotatable bonds is 6. The first kappa shape index (κ1) is 18.0. The molecule has 0 saturated heterocycles. The number of nitrogens with zero attached hydrogens (tertiary/aromatic N) is 3. The van der Waals surface area contributed by atoms with Crippen LogP contribution in [0.1, 0.15) is 47.6 Å². The molecule has 3 aromatic rings. The maximum Gasteiger partial charge on any atom is 0.357 e. The standard InChI is InChI=1S/C20H20N4O4/c1-12-10-18(23-28-12)21-19(25)13(2)27-20(26)17-11-16(14-8-9-14)22-24(17)15-6-4-3-5-7-15/h3-7,10-11,13-14H,8-9H2,1-2H3,(H,21,23,25)/t13-/m0/s1. The molecule has 0 spiro atoms. The van der Waals surface area contributed by atoms with Gasteiger partial charge in [0, 0.05) is 12.0 Å². The van der Waals surface area contributed by atoms with Gasteiger partial charge >= 0.3 is 5.97 Å². The number of anilines is 1. The molecule has 8 heteroatoms. The summed E-state index contributed by atoms with van der Waals surface area (Å²) in [6.45, 7) is 3.22. The second-order valence-corrected chi connectivity index (χ2v) is 6.84. The summed E-state index contributed by atoms with van der Waals surface area (Å²) in [5, 5.41) is 10.8. The van der Waals surface area contributed by atoms with E-state index in [-0.39, 0.29) is 5.82 Å². The predicted octanol–water partition coefficient (Wildman–Crippen LogP) is 3.23. The highest BCUT2D eigenvalue weighted by atomic mass is 16.5. The fourth-order valence-electron chi connectivity index (χ4n) is 2.82. The fourth-order valence-corrected chi connectivity index (χ4v) is 2.82. The normalized spacial score (nSPS) is 14.5. The lowest BCUT2D eigenvalue weighted by atomic mass is 10.2. The number of hydrogen-bond acceptors (Lipinski definition) is 6. The molecule has 1 amide bonds. The number of carbonyl (C=O) groups excluding carboxylic acids is 2. The number of esters is 1. The van der Waals surface area contributed by atoms with E-state index in [2.05, 4.69) is 15.6 Å². The van der Waals surface area contributed by atoms with Crippen molar-refractivity contribution in [2.45, 2.75) is 38.7 Å². The highest BCUT2D eigenvalue weighted by molar-refractivity contribution is 5.96. The Bertz CT molecular complexity index is 1000. The summed E-state index contributed by atoms with van der Waals surface area (Å²) < 4.78 is 11.9. The van der Waals surface area contributed by atoms with Crippen molar-refractivity contribution in [3.05, 3.63) is 59.6 Å². The van der Waals surface area contributed by atoms with Crippen molar-refractivity contribution in [1.29, 1.82) is 0 Å². The van der Waals surface area contributed by atoms with Crippen molar-refractivity contribution < 1.29 is 18.8 Å². The van der Waals surface area contributed by atoms with E-state index in [9.17, 15) is 9.59 Å². The lowest BCUT2D eigenvalue weighted by Gasteiger charge is -2.13. The Labute approximate surface area is 161 Å². The number of para-hydroxylation sites is 1. The minimum atomic E-state index is -1.01. The lowest BCUT2D eigenvalue weighted by Crippen LogP contribution is -2.30. The van der Waals surface area contributed by atoms with Crippen LogP contribution in [0, 0.1) is 6.92 Å². The molecular weight excluding hydrogens is 360 g/mol. The Balaban J connectivity index is 1.51. The van der Waals surface area contributed by atoms with E-state index in [1.165, 1.54) is 6.92 Å². The maximum absolute atomic E-state index is 12.8. The average Bonchev–Trinajstić information content (AvgIpc) is 3.31. The Morgan fingerprint density at radius 1 is 1.25 bits per heavy atom. The number of aromatic nitrogens is 3. The van der Waals surface area contributed by atoms with E-state index < -0.39 is 18.0 Å². The average molecular weight is 380 g/mol. The molecule has 0 aliphatic heterocycles. The van der Waals surface area contributed by atoms with Gasteiger partial charge in [-0.25, -0.2) is 9.48 Å². The fraction of sp³-hybridized carbons (Fsp3) is 0.300. The highest BCUT2D eigenvalue weighted by Crippen LogP contribution is 2.39. The molecule has 1 aromatic carbocycles. The Morgan fingerprint density at radius 3 is 2.64 bits per heavy atom. The van der Waals surface area contributed by atoms with Gasteiger partial charge in [0.15, 0.2) is 17.6 Å². The molecular formula is C20H20N4O4. The molecule has 8 nitrogen and oxygen atoms in total. The number of aryl methyl sites for hydroxylation is 1. The Kier molecular flexibility index (Phi) is 4.68. The van der Waals surface area contributed by atoms with E-state index in [1.807, 2.05) is 30.3 Å². The van der Waals surface area contributed by atoms with Crippen molar-refractivity contribution >= 4 is 17.7 Å². The predicted molar refractivity (Wildman–Crippen MR) is 100 cm³/mol. The topological polar surface area (TPSA) is 99.2 Å². The number of carbonyl (C=O) groups is 2. The minimum absolute atomic E-state index is 0.274. The van der Waals surface area contributed by atoms with Crippen molar-refractivity contribution in [3.8, 4) is 5.69 Å². The molecule has 0 bridgehead atoms. The van der Waals surface area contributed by atoms with Crippen molar-refractivity contribution in [2.24, 2.45) is 0 Å². The first-order valence-electron chi connectivity index (χ1n) is 9.12. The van der Waals surface area contributed by atoms with Gasteiger partial charge in [-0.2, -0.15) is 5.10 Å². The number of amides is 1. The van der Waals surface area contributed by atoms with Gasteiger partial charge in [0.05, 0.1) is 11.4 Å². The summed E-state index contributed by atoms with van der Waals surface area (Å²) in [6, 6.07) is 12.7. The quantitative estimate of drug-likeness (QED) is 0.659. The van der Waals surface area contributed by atoms with E-state index >= 15 is 0 Å². The summed E-state index contributed by atoms with van der Waals surface area (Å²) in [6.07, 6.45) is 1.12. The van der Waals surface area contributed by atoms with Gasteiger partial charge in [-0.05, 0) is 44.9 Å². The molecule has 2 heterocycles. The molecule has 1 aliphatic carbocycles. The molecule has 144 valence electrons. The molecule has 4 rings (SSSR count). The van der Waals surface area contributed by atoms with E-state index in [0.29, 0.717) is 17.4 Å². The number of nitrogens with one attached hydrogen (secondary N) is 1. The van der Waals surface area contributed by atoms with Gasteiger partial charge in [0.25, 0.3) is 5.91 Å². The second-order valence-electron chi connectivity index (χ2n) is 6.84. The molecule has 0 unspecified atom stereocenters. The van der Waals surface area contributed by atoms with Crippen LogP contribution in [0.5, 0.6) is 0 Å². The lowest BCUT2D eigenvalue weighted by molar-refractivity contribution is -0.123. The molecule has 0 radical (unpaired) electrons. The van der Waals surface area contributed by atoms with Crippen LogP contribution >= 0.6 is 0 Å². The molecule has 1 atom stereocenters. The summed E-state index contributed by atoms with van der Waals surface area (Å²) in [7, 11) is 0. The van der Waals surface area contributed by atoms with Crippen LogP contribution in [0.3, 0.4) is 0 Å². The maximum atomic E-state index is 12.8. The molecule has 1 aliphatic rings. The molecule has 1 fully saturated rings. The van der Waals surface area contributed by atoms with Crippen molar-refractivity contribution in [3.63, 3.8) is 0 Å². The van der Waals surface area contributed by atoms with Crippen LogP contribution in [0.15, 0.2) is 47.0 Å². The summed E-state index contributed by atoms with van der Waals surface area (Å²) in [5.41, 5.74) is 1.92. The number of ether oxygens (including phenoxy) is 1. The SMILES string of the molecule is Cc1cc(NC(=O)[C@H](C)OC(=O)c2cc(C3CC3)nn2-c2ccccc2)no1. The molecule has 28 heavy (non-hydrogen) atoms. The van der Waals surface area contributed by atoms with Gasteiger partial charge < -0.3 is 14.6 Å². The zero-order valence-corrected chi connectivity index (χ0v) is 15.6. The van der Waals surface area contributed by atoms with Crippen LogP contribution in [-0.4, -0.2) is 32.9 Å². The molecule has 1 N–H and O–H groups in total. The monoisotopic (exact) mass is 380 g/mol. The van der Waals surface area contributed by atoms with E-state index in [4.69, 9.17) is 9.26 Å². The van der Waals surface area contributed by atoms with Crippen LogP contribution in [0.2, 0.25) is 0 Å². The first-order valence-corrected chi connectivity index (χ1v) is 9.12. The largest absolute Gasteiger partial charge is 0.448 e. The van der Waals surface area contributed by atoms with Crippen LogP contribution in [0.4, 0.5) is 5.82 Å². The smallest absolute Gasteiger partial charge is 0.357 e. The zero-order chi connectivity index (χ0) is 19.7. The van der Waals surface area contributed by atoms with Gasteiger partial charge in [0.2, 0.25) is 0 Å². The third-order valence-electron chi connectivity index (χ3n) is 4.47.